The lowest BCUT2D eigenvalue weighted by atomic mass is 10.5. The van der Waals surface area contributed by atoms with Gasteiger partial charge in [-0.3, -0.25) is 9.55 Å². The molecule has 0 amide bonds. The third-order valence-electron chi connectivity index (χ3n) is 1.61. The molecule has 14 heavy (non-hydrogen) atoms. The second-order valence-electron chi connectivity index (χ2n) is 2.52. The number of rotatable bonds is 2. The van der Waals surface area contributed by atoms with Crippen LogP contribution in [0.5, 0.6) is 0 Å². The van der Waals surface area contributed by atoms with E-state index in [1.165, 1.54) is 35.7 Å². The van der Waals surface area contributed by atoms with Crippen LogP contribution in [0.2, 0.25) is 0 Å². The van der Waals surface area contributed by atoms with E-state index in [2.05, 4.69) is 15.0 Å². The van der Waals surface area contributed by atoms with E-state index in [1.54, 1.807) is 0 Å². The van der Waals surface area contributed by atoms with E-state index < -0.39 is 5.97 Å². The number of hydrogen-bond acceptors (Lipinski definition) is 5. The fourth-order valence-corrected chi connectivity index (χ4v) is 0.978. The third-order valence-corrected chi connectivity index (χ3v) is 1.61. The molecule has 0 aliphatic heterocycles. The quantitative estimate of drug-likeness (QED) is 0.606. The van der Waals surface area contributed by atoms with Gasteiger partial charge in [0, 0.05) is 18.6 Å². The molecule has 2 aromatic rings. The normalized spacial score (nSPS) is 10.0. The average molecular weight is 189 g/mol. The monoisotopic (exact) mass is 189 g/mol. The largest absolute Gasteiger partial charge is 0.543 e. The van der Waals surface area contributed by atoms with Crippen LogP contribution in [0.4, 0.5) is 0 Å². The molecular formula is C8H5N4O2-. The van der Waals surface area contributed by atoms with Gasteiger partial charge in [0.2, 0.25) is 0 Å². The summed E-state index contributed by atoms with van der Waals surface area (Å²) in [4.78, 5) is 21.9. The van der Waals surface area contributed by atoms with E-state index in [0.717, 1.165) is 0 Å². The Kier molecular flexibility index (Phi) is 1.94. The first-order chi connectivity index (χ1) is 6.77. The molecule has 0 unspecified atom stereocenters. The predicted octanol–water partition coefficient (Wildman–Crippen LogP) is -0.974. The predicted molar refractivity (Wildman–Crippen MR) is 43.5 cm³/mol. The van der Waals surface area contributed by atoms with Crippen molar-refractivity contribution in [3.63, 3.8) is 0 Å². The number of aromatic nitrogens is 4. The van der Waals surface area contributed by atoms with Crippen LogP contribution in [0.15, 0.2) is 31.1 Å². The maximum Gasteiger partial charge on any atom is 0.156 e. The van der Waals surface area contributed by atoms with Gasteiger partial charge in [-0.25, -0.2) is 9.97 Å². The van der Waals surface area contributed by atoms with Crippen LogP contribution >= 0.6 is 0 Å². The standard InChI is InChI=1S/C8H6N4O2/c13-8(14)6-4-12(5-11-6)7-3-9-1-2-10-7/h1-5H,(H,13,14)/p-1. The van der Waals surface area contributed by atoms with Crippen molar-refractivity contribution < 1.29 is 9.90 Å². The number of imidazole rings is 1. The number of hydrogen-bond donors (Lipinski definition) is 0. The lowest BCUT2D eigenvalue weighted by Crippen LogP contribution is -2.22. The van der Waals surface area contributed by atoms with Crippen molar-refractivity contribution in [1.82, 2.24) is 19.5 Å². The van der Waals surface area contributed by atoms with Crippen LogP contribution in [0.1, 0.15) is 10.5 Å². The fourth-order valence-electron chi connectivity index (χ4n) is 0.978. The zero-order valence-corrected chi connectivity index (χ0v) is 6.99. The lowest BCUT2D eigenvalue weighted by molar-refractivity contribution is -0.255. The highest BCUT2D eigenvalue weighted by molar-refractivity contribution is 5.83. The van der Waals surface area contributed by atoms with Crippen LogP contribution in [-0.2, 0) is 0 Å². The Balaban J connectivity index is 2.39. The van der Waals surface area contributed by atoms with Crippen molar-refractivity contribution in [2.75, 3.05) is 0 Å². The van der Waals surface area contributed by atoms with Gasteiger partial charge in [0.15, 0.2) is 5.82 Å². The molecule has 6 heteroatoms. The molecule has 0 saturated heterocycles. The fraction of sp³-hybridized carbons (Fsp3) is 0. The highest BCUT2D eigenvalue weighted by Gasteiger charge is 2.01. The maximum atomic E-state index is 10.4. The van der Waals surface area contributed by atoms with Crippen LogP contribution < -0.4 is 5.11 Å². The Hall–Kier alpha value is -2.24. The lowest BCUT2D eigenvalue weighted by Gasteiger charge is -1.97. The smallest absolute Gasteiger partial charge is 0.156 e. The molecule has 0 bridgehead atoms. The SMILES string of the molecule is O=C([O-])c1cn(-c2cnccn2)cn1. The van der Waals surface area contributed by atoms with Crippen LogP contribution in [0.25, 0.3) is 5.82 Å². The molecule has 70 valence electrons. The molecule has 0 spiro atoms. The topological polar surface area (TPSA) is 83.7 Å². The Morgan fingerprint density at radius 3 is 2.79 bits per heavy atom. The highest BCUT2D eigenvalue weighted by atomic mass is 16.4. The van der Waals surface area contributed by atoms with E-state index in [9.17, 15) is 9.90 Å². The summed E-state index contributed by atoms with van der Waals surface area (Å²) in [7, 11) is 0. The Morgan fingerprint density at radius 2 is 2.21 bits per heavy atom. The molecule has 0 N–H and O–H groups in total. The van der Waals surface area contributed by atoms with Crippen LogP contribution in [-0.4, -0.2) is 25.5 Å². The number of carbonyl (C=O) groups is 1. The van der Waals surface area contributed by atoms with Crippen molar-refractivity contribution >= 4 is 5.97 Å². The van der Waals surface area contributed by atoms with Crippen molar-refractivity contribution in [2.45, 2.75) is 0 Å². The Morgan fingerprint density at radius 1 is 1.36 bits per heavy atom. The first-order valence-corrected chi connectivity index (χ1v) is 3.79. The zero-order valence-electron chi connectivity index (χ0n) is 6.99. The van der Waals surface area contributed by atoms with E-state index in [0.29, 0.717) is 5.82 Å². The Labute approximate surface area is 78.9 Å². The van der Waals surface area contributed by atoms with Gasteiger partial charge in [-0.2, -0.15) is 0 Å². The van der Waals surface area contributed by atoms with Gasteiger partial charge < -0.3 is 9.90 Å². The van der Waals surface area contributed by atoms with Gasteiger partial charge in [-0.1, -0.05) is 0 Å². The molecule has 0 saturated carbocycles. The Bertz CT molecular complexity index is 451. The van der Waals surface area contributed by atoms with E-state index in [1.807, 2.05) is 0 Å². The minimum absolute atomic E-state index is 0.129. The number of carbonyl (C=O) groups excluding carboxylic acids is 1. The molecule has 0 atom stereocenters. The third kappa shape index (κ3) is 1.45. The molecule has 6 nitrogen and oxygen atoms in total. The van der Waals surface area contributed by atoms with Gasteiger partial charge in [-0.05, 0) is 0 Å². The summed E-state index contributed by atoms with van der Waals surface area (Å²) in [6.07, 6.45) is 7.20. The van der Waals surface area contributed by atoms with E-state index in [-0.39, 0.29) is 5.69 Å². The summed E-state index contributed by atoms with van der Waals surface area (Å²) in [5.74, 6) is -0.805. The number of aromatic carboxylic acids is 1. The summed E-state index contributed by atoms with van der Waals surface area (Å²) in [6.45, 7) is 0. The molecule has 0 radical (unpaired) electrons. The minimum atomic E-state index is -1.31. The summed E-state index contributed by atoms with van der Waals surface area (Å²) in [6, 6.07) is 0. The van der Waals surface area contributed by atoms with Gasteiger partial charge in [0.25, 0.3) is 0 Å². The molecule has 0 aliphatic carbocycles. The summed E-state index contributed by atoms with van der Waals surface area (Å²) in [5, 5.41) is 10.4. The van der Waals surface area contributed by atoms with E-state index in [4.69, 9.17) is 0 Å². The van der Waals surface area contributed by atoms with Crippen LogP contribution in [0, 0.1) is 0 Å². The summed E-state index contributed by atoms with van der Waals surface area (Å²) >= 11 is 0. The van der Waals surface area contributed by atoms with E-state index >= 15 is 0 Å². The molecule has 2 aromatic heterocycles. The molecule has 0 aromatic carbocycles. The van der Waals surface area contributed by atoms with Gasteiger partial charge in [0.1, 0.15) is 12.0 Å². The zero-order chi connectivity index (χ0) is 9.97. The first-order valence-electron chi connectivity index (χ1n) is 3.79. The second kappa shape index (κ2) is 3.25. The first kappa shape index (κ1) is 8.36. The molecule has 0 aliphatic rings. The van der Waals surface area contributed by atoms with Crippen molar-refractivity contribution in [1.29, 1.82) is 0 Å². The summed E-state index contributed by atoms with van der Waals surface area (Å²) in [5.41, 5.74) is -0.129. The molecular weight excluding hydrogens is 184 g/mol. The number of carboxylic acids is 1. The van der Waals surface area contributed by atoms with Crippen molar-refractivity contribution in [2.24, 2.45) is 0 Å². The van der Waals surface area contributed by atoms with Gasteiger partial charge in [-0.15, -0.1) is 0 Å². The van der Waals surface area contributed by atoms with Crippen molar-refractivity contribution in [3.05, 3.63) is 36.8 Å². The van der Waals surface area contributed by atoms with Crippen molar-refractivity contribution in [3.8, 4) is 5.82 Å². The van der Waals surface area contributed by atoms with Gasteiger partial charge in [0.05, 0.1) is 12.2 Å². The highest BCUT2D eigenvalue weighted by Crippen LogP contribution is 2.02. The second-order valence-corrected chi connectivity index (χ2v) is 2.52. The molecule has 0 fully saturated rings. The maximum absolute atomic E-state index is 10.4. The molecule has 2 rings (SSSR count). The van der Waals surface area contributed by atoms with Gasteiger partial charge >= 0.3 is 0 Å². The number of nitrogens with zero attached hydrogens (tertiary/aromatic N) is 4. The van der Waals surface area contributed by atoms with Crippen LogP contribution in [0.3, 0.4) is 0 Å². The number of carboxylic acid groups (broad SMARTS) is 1. The minimum Gasteiger partial charge on any atom is -0.543 e. The average Bonchev–Trinajstić information content (AvgIpc) is 2.68. The summed E-state index contributed by atoms with van der Waals surface area (Å²) < 4.78 is 1.46. The molecule has 2 heterocycles.